The molecule has 0 aliphatic carbocycles. The highest BCUT2D eigenvalue weighted by Gasteiger charge is 2.18. The first-order chi connectivity index (χ1) is 7.35. The molecule has 1 rings (SSSR count). The summed E-state index contributed by atoms with van der Waals surface area (Å²) in [4.78, 5) is 0. The van der Waals surface area contributed by atoms with E-state index >= 15 is 0 Å². The van der Waals surface area contributed by atoms with Gasteiger partial charge in [-0.25, -0.2) is 8.78 Å². The highest BCUT2D eigenvalue weighted by Crippen LogP contribution is 2.24. The lowest BCUT2D eigenvalue weighted by Gasteiger charge is -2.22. The number of anilines is 2. The van der Waals surface area contributed by atoms with Crippen LogP contribution in [0.25, 0.3) is 0 Å². The molecular formula is C11H16F2N2O. The number of hydrogen-bond donors (Lipinski definition) is 3. The van der Waals surface area contributed by atoms with E-state index in [1.807, 2.05) is 6.92 Å². The van der Waals surface area contributed by atoms with E-state index in [1.165, 1.54) is 0 Å². The van der Waals surface area contributed by atoms with Gasteiger partial charge in [-0.1, -0.05) is 6.92 Å². The lowest BCUT2D eigenvalue weighted by atomic mass is 10.0. The monoisotopic (exact) mass is 230 g/mol. The molecule has 5 heteroatoms. The molecule has 1 aromatic rings. The maximum absolute atomic E-state index is 13.1. The molecule has 0 heterocycles. The van der Waals surface area contributed by atoms with Crippen LogP contribution in [0.1, 0.15) is 20.3 Å². The van der Waals surface area contributed by atoms with E-state index in [9.17, 15) is 13.9 Å². The van der Waals surface area contributed by atoms with Crippen LogP contribution in [0, 0.1) is 11.6 Å². The van der Waals surface area contributed by atoms with Gasteiger partial charge in [0.2, 0.25) is 0 Å². The maximum atomic E-state index is 13.1. The summed E-state index contributed by atoms with van der Waals surface area (Å²) in [5.41, 5.74) is 4.51. The third kappa shape index (κ3) is 3.06. The standard InChI is InChI=1S/C11H16F2N2O/c1-3-11(2,16)6-15-9-5-7(12)4-8(13)10(9)14/h4-5,15-16H,3,6,14H2,1-2H3. The zero-order valence-corrected chi connectivity index (χ0v) is 9.35. The van der Waals surface area contributed by atoms with Crippen molar-refractivity contribution in [1.29, 1.82) is 0 Å². The van der Waals surface area contributed by atoms with Gasteiger partial charge >= 0.3 is 0 Å². The molecule has 90 valence electrons. The minimum Gasteiger partial charge on any atom is -0.395 e. The Kier molecular flexibility index (Phi) is 3.70. The van der Waals surface area contributed by atoms with E-state index in [0.29, 0.717) is 6.42 Å². The average Bonchev–Trinajstić information content (AvgIpc) is 2.21. The second kappa shape index (κ2) is 4.65. The number of rotatable bonds is 4. The number of nitrogens with two attached hydrogens (primary N) is 1. The van der Waals surface area contributed by atoms with Gasteiger partial charge in [0.1, 0.15) is 5.82 Å². The van der Waals surface area contributed by atoms with Gasteiger partial charge in [-0.05, 0) is 19.4 Å². The largest absolute Gasteiger partial charge is 0.395 e. The highest BCUT2D eigenvalue weighted by molar-refractivity contribution is 5.66. The highest BCUT2D eigenvalue weighted by atomic mass is 19.1. The van der Waals surface area contributed by atoms with Gasteiger partial charge in [0.25, 0.3) is 0 Å². The number of benzene rings is 1. The van der Waals surface area contributed by atoms with Crippen molar-refractivity contribution in [3.63, 3.8) is 0 Å². The van der Waals surface area contributed by atoms with Crippen LogP contribution in [-0.4, -0.2) is 17.3 Å². The van der Waals surface area contributed by atoms with Gasteiger partial charge < -0.3 is 16.2 Å². The van der Waals surface area contributed by atoms with Crippen molar-refractivity contribution in [3.8, 4) is 0 Å². The summed E-state index contributed by atoms with van der Waals surface area (Å²) in [5, 5.41) is 12.5. The van der Waals surface area contributed by atoms with E-state index < -0.39 is 17.2 Å². The van der Waals surface area contributed by atoms with E-state index in [2.05, 4.69) is 5.32 Å². The molecule has 3 nitrogen and oxygen atoms in total. The summed E-state index contributed by atoms with van der Waals surface area (Å²) in [6.45, 7) is 3.62. The lowest BCUT2D eigenvalue weighted by molar-refractivity contribution is 0.0697. The molecule has 0 spiro atoms. The summed E-state index contributed by atoms with van der Waals surface area (Å²) in [6, 6.07) is 1.82. The van der Waals surface area contributed by atoms with Crippen LogP contribution >= 0.6 is 0 Å². The van der Waals surface area contributed by atoms with Gasteiger partial charge in [0.05, 0.1) is 17.0 Å². The second-order valence-electron chi connectivity index (χ2n) is 4.05. The molecule has 0 amide bonds. The van der Waals surface area contributed by atoms with Crippen LogP contribution in [0.2, 0.25) is 0 Å². The fourth-order valence-electron chi connectivity index (χ4n) is 1.14. The van der Waals surface area contributed by atoms with E-state index in [0.717, 1.165) is 12.1 Å². The topological polar surface area (TPSA) is 58.3 Å². The fraction of sp³-hybridized carbons (Fsp3) is 0.455. The third-order valence-electron chi connectivity index (χ3n) is 2.52. The molecular weight excluding hydrogens is 214 g/mol. The van der Waals surface area contributed by atoms with Gasteiger partial charge in [-0.3, -0.25) is 0 Å². The van der Waals surface area contributed by atoms with Gasteiger partial charge in [-0.2, -0.15) is 0 Å². The van der Waals surface area contributed by atoms with Crippen molar-refractivity contribution < 1.29 is 13.9 Å². The maximum Gasteiger partial charge on any atom is 0.151 e. The molecule has 16 heavy (non-hydrogen) atoms. The second-order valence-corrected chi connectivity index (χ2v) is 4.05. The van der Waals surface area contributed by atoms with Gasteiger partial charge in [-0.15, -0.1) is 0 Å². The summed E-state index contributed by atoms with van der Waals surface area (Å²) in [5.74, 6) is -1.51. The molecule has 0 aromatic heterocycles. The number of nitrogens with one attached hydrogen (secondary N) is 1. The molecule has 1 atom stereocenters. The number of halogens is 2. The van der Waals surface area contributed by atoms with E-state index in [4.69, 9.17) is 5.73 Å². The zero-order valence-electron chi connectivity index (χ0n) is 9.35. The van der Waals surface area contributed by atoms with Crippen LogP contribution < -0.4 is 11.1 Å². The molecule has 0 aliphatic heterocycles. The van der Waals surface area contributed by atoms with Crippen molar-refractivity contribution in [2.24, 2.45) is 0 Å². The normalized spacial score (nSPS) is 14.6. The van der Waals surface area contributed by atoms with Crippen molar-refractivity contribution >= 4 is 11.4 Å². The Morgan fingerprint density at radius 1 is 1.44 bits per heavy atom. The molecule has 0 saturated heterocycles. The van der Waals surface area contributed by atoms with Crippen LogP contribution in [0.15, 0.2) is 12.1 Å². The first-order valence-corrected chi connectivity index (χ1v) is 5.06. The predicted molar refractivity (Wildman–Crippen MR) is 60.2 cm³/mol. The van der Waals surface area contributed by atoms with E-state index in [-0.39, 0.29) is 17.9 Å². The molecule has 0 fully saturated rings. The Morgan fingerprint density at radius 2 is 2.06 bits per heavy atom. The molecule has 0 bridgehead atoms. The first kappa shape index (κ1) is 12.7. The number of aliphatic hydroxyl groups is 1. The van der Waals surface area contributed by atoms with Crippen molar-refractivity contribution in [1.82, 2.24) is 0 Å². The molecule has 0 aliphatic rings. The molecule has 1 unspecified atom stereocenters. The van der Waals surface area contributed by atoms with Crippen LogP contribution in [0.5, 0.6) is 0 Å². The SMILES string of the molecule is CCC(C)(O)CNc1cc(F)cc(F)c1N. The Bertz CT molecular complexity index is 380. The quantitative estimate of drug-likeness (QED) is 0.694. The number of hydrogen-bond acceptors (Lipinski definition) is 3. The molecule has 1 aromatic carbocycles. The van der Waals surface area contributed by atoms with E-state index in [1.54, 1.807) is 6.92 Å². The van der Waals surface area contributed by atoms with Gasteiger partial charge in [0, 0.05) is 12.6 Å². The van der Waals surface area contributed by atoms with Crippen LogP contribution in [-0.2, 0) is 0 Å². The van der Waals surface area contributed by atoms with Crippen LogP contribution in [0.3, 0.4) is 0 Å². The van der Waals surface area contributed by atoms with Crippen molar-refractivity contribution in [3.05, 3.63) is 23.8 Å². The zero-order chi connectivity index (χ0) is 12.3. The average molecular weight is 230 g/mol. The lowest BCUT2D eigenvalue weighted by Crippen LogP contribution is -2.32. The minimum absolute atomic E-state index is 0.145. The first-order valence-electron chi connectivity index (χ1n) is 5.06. The number of nitrogen functional groups attached to an aromatic ring is 1. The molecule has 0 saturated carbocycles. The Hall–Kier alpha value is -1.36. The predicted octanol–water partition coefficient (Wildman–Crippen LogP) is 2.12. The van der Waals surface area contributed by atoms with Crippen molar-refractivity contribution in [2.45, 2.75) is 25.9 Å². The Labute approximate surface area is 93.3 Å². The summed E-state index contributed by atoms with van der Waals surface area (Å²) in [6.07, 6.45) is 0.525. The van der Waals surface area contributed by atoms with Crippen molar-refractivity contribution in [2.75, 3.05) is 17.6 Å². The third-order valence-corrected chi connectivity index (χ3v) is 2.52. The Balaban J connectivity index is 2.82. The van der Waals surface area contributed by atoms with Gasteiger partial charge in [0.15, 0.2) is 5.82 Å². The summed E-state index contributed by atoms with van der Waals surface area (Å²) >= 11 is 0. The summed E-state index contributed by atoms with van der Waals surface area (Å²) in [7, 11) is 0. The minimum atomic E-state index is -0.935. The van der Waals surface area contributed by atoms with Crippen LogP contribution in [0.4, 0.5) is 20.2 Å². The molecule has 4 N–H and O–H groups in total. The summed E-state index contributed by atoms with van der Waals surface area (Å²) < 4.78 is 26.0. The Morgan fingerprint density at radius 3 is 2.62 bits per heavy atom. The smallest absolute Gasteiger partial charge is 0.151 e. The molecule has 0 radical (unpaired) electrons. The fourth-order valence-corrected chi connectivity index (χ4v) is 1.14.